The molecule has 5 rings (SSSR count). The fourth-order valence-corrected chi connectivity index (χ4v) is 6.20. The average Bonchev–Trinajstić information content (AvgIpc) is 3.82. The summed E-state index contributed by atoms with van der Waals surface area (Å²) in [5, 5.41) is 3.99. The van der Waals surface area contributed by atoms with Gasteiger partial charge < -0.3 is 67.9 Å². The van der Waals surface area contributed by atoms with Gasteiger partial charge >= 0.3 is 0 Å². The van der Waals surface area contributed by atoms with Crippen LogP contribution in [0.4, 0.5) is 17.1 Å². The fraction of sp³-hybridized carbons (Fsp3) is 0.327. The molecule has 0 saturated carbocycles. The van der Waals surface area contributed by atoms with Gasteiger partial charge in [-0.1, -0.05) is 0 Å². The lowest BCUT2D eigenvalue weighted by Gasteiger charge is -2.24. The number of rotatable bonds is 25. The third-order valence-electron chi connectivity index (χ3n) is 10.3. The minimum atomic E-state index is -0.694. The minimum Gasteiger partial charge on any atom is -0.496 e. The molecule has 4 aromatic carbocycles. The summed E-state index contributed by atoms with van der Waals surface area (Å²) in [5.74, 6) is -0.966. The van der Waals surface area contributed by atoms with Crippen molar-refractivity contribution in [3.63, 3.8) is 0 Å². The zero-order valence-corrected chi connectivity index (χ0v) is 43.8. The summed E-state index contributed by atoms with van der Waals surface area (Å²) in [7, 11) is 18.6. The van der Waals surface area contributed by atoms with Gasteiger partial charge in [0.2, 0.25) is 29.4 Å². The molecule has 0 atom stereocenters. The SMILES string of the molecule is COC(C=O)OC.COc1cc(N(C)CC(OC)OC)ccc1C(=O)C=O.COc1cc(N)ccc1C(=O)C=O.COc1cc(NCC(OC)OC)ccc1C(=O)C=O.COc1cc2c(ccn2C)cc1C(=O)C=O. The summed E-state index contributed by atoms with van der Waals surface area (Å²) in [6.07, 6.45) is 2.12. The molecule has 1 heterocycles. The summed E-state index contributed by atoms with van der Waals surface area (Å²) in [4.78, 5) is 98.6. The highest BCUT2D eigenvalue weighted by Gasteiger charge is 2.17. The highest BCUT2D eigenvalue weighted by Crippen LogP contribution is 2.28. The number of nitrogens with zero attached hydrogens (tertiary/aromatic N) is 2. The number of nitrogens with one attached hydrogen (secondary N) is 1. The van der Waals surface area contributed by atoms with Crippen LogP contribution in [-0.2, 0) is 59.4 Å². The number of methoxy groups -OCH3 is 10. The molecule has 406 valence electrons. The van der Waals surface area contributed by atoms with Gasteiger partial charge in [-0.3, -0.25) is 43.2 Å². The van der Waals surface area contributed by atoms with Crippen LogP contribution in [0.15, 0.2) is 79.0 Å². The number of carbonyl (C=O) groups excluding carboxylic acids is 9. The van der Waals surface area contributed by atoms with E-state index in [1.807, 2.05) is 35.8 Å². The second-order valence-corrected chi connectivity index (χ2v) is 14.8. The van der Waals surface area contributed by atoms with Crippen LogP contribution in [-0.4, -0.2) is 169 Å². The third kappa shape index (κ3) is 20.3. The lowest BCUT2D eigenvalue weighted by atomic mass is 10.1. The van der Waals surface area contributed by atoms with Gasteiger partial charge in [0.05, 0.1) is 69.3 Å². The number of hydrogen-bond donors (Lipinski definition) is 2. The van der Waals surface area contributed by atoms with Gasteiger partial charge in [-0.25, -0.2) is 0 Å². The van der Waals surface area contributed by atoms with E-state index in [0.717, 1.165) is 22.3 Å². The minimum absolute atomic E-state index is 0.228. The number of carbonyl (C=O) groups is 9. The van der Waals surface area contributed by atoms with Crippen LogP contribution in [0.1, 0.15) is 41.4 Å². The number of Topliss-reactive ketones (excluding diaryl/α,β-unsaturated/α-hetero) is 4. The molecule has 75 heavy (non-hydrogen) atoms. The lowest BCUT2D eigenvalue weighted by molar-refractivity contribution is -0.143. The largest absolute Gasteiger partial charge is 0.496 e. The molecule has 0 aliphatic rings. The Morgan fingerprint density at radius 3 is 1.43 bits per heavy atom. The number of likely N-dealkylation sites (N-methyl/N-ethyl adjacent to an activating group) is 1. The summed E-state index contributed by atoms with van der Waals surface area (Å²) < 4.78 is 51.4. The number of benzene rings is 4. The van der Waals surface area contributed by atoms with Crippen molar-refractivity contribution >= 4 is 82.5 Å². The summed E-state index contributed by atoms with van der Waals surface area (Å²) >= 11 is 0. The molecular formula is C52H64N4O19. The molecule has 3 N–H and O–H groups in total. The molecule has 5 aromatic rings. The van der Waals surface area contributed by atoms with E-state index in [1.165, 1.54) is 60.9 Å². The number of aryl methyl sites for hydroxylation is 1. The summed E-state index contributed by atoms with van der Waals surface area (Å²) in [6.45, 7) is 0.953. The highest BCUT2D eigenvalue weighted by atomic mass is 16.7. The van der Waals surface area contributed by atoms with E-state index < -0.39 is 29.4 Å². The molecule has 1 aromatic heterocycles. The van der Waals surface area contributed by atoms with Crippen LogP contribution in [0.5, 0.6) is 23.0 Å². The molecule has 0 radical (unpaired) electrons. The Morgan fingerprint density at radius 2 is 0.987 bits per heavy atom. The van der Waals surface area contributed by atoms with E-state index in [-0.39, 0.29) is 48.1 Å². The number of aromatic nitrogens is 1. The van der Waals surface area contributed by atoms with Crippen LogP contribution < -0.4 is 34.9 Å². The van der Waals surface area contributed by atoms with Crippen molar-refractivity contribution in [3.05, 3.63) is 101 Å². The Morgan fingerprint density at radius 1 is 0.547 bits per heavy atom. The number of nitrogens with two attached hydrogens (primary N) is 1. The molecular weight excluding hydrogens is 985 g/mol. The van der Waals surface area contributed by atoms with Crippen molar-refractivity contribution in [1.29, 1.82) is 0 Å². The first-order valence-electron chi connectivity index (χ1n) is 21.9. The zero-order chi connectivity index (χ0) is 56.6. The van der Waals surface area contributed by atoms with Crippen molar-refractivity contribution < 1.29 is 90.5 Å². The van der Waals surface area contributed by atoms with Gasteiger partial charge in [0.25, 0.3) is 0 Å². The molecule has 0 aliphatic carbocycles. The van der Waals surface area contributed by atoms with Crippen molar-refractivity contribution in [1.82, 2.24) is 4.57 Å². The van der Waals surface area contributed by atoms with Gasteiger partial charge in [-0.15, -0.1) is 0 Å². The molecule has 0 saturated heterocycles. The predicted molar refractivity (Wildman–Crippen MR) is 276 cm³/mol. The molecule has 0 aliphatic heterocycles. The number of hydrogen-bond acceptors (Lipinski definition) is 22. The predicted octanol–water partition coefficient (Wildman–Crippen LogP) is 4.27. The topological polar surface area (TPSA) is 292 Å². The Hall–Kier alpha value is -8.19. The van der Waals surface area contributed by atoms with E-state index in [1.54, 1.807) is 77.0 Å². The lowest BCUT2D eigenvalue weighted by Crippen LogP contribution is -2.31. The van der Waals surface area contributed by atoms with Gasteiger partial charge in [-0.2, -0.15) is 0 Å². The zero-order valence-electron chi connectivity index (χ0n) is 43.8. The molecule has 0 spiro atoms. The first-order chi connectivity index (χ1) is 35.9. The Balaban J connectivity index is 0.000000483. The maximum absolute atomic E-state index is 11.4. The van der Waals surface area contributed by atoms with Crippen molar-refractivity contribution in [2.45, 2.75) is 18.9 Å². The van der Waals surface area contributed by atoms with Crippen LogP contribution in [0, 0.1) is 0 Å². The van der Waals surface area contributed by atoms with E-state index in [9.17, 15) is 43.2 Å². The standard InChI is InChI=1S/C14H19NO5.C13H17NO5.C12H11NO3.C9H9NO3.C4H8O3/c1-15(8-14(19-3)20-4)10-5-6-11(12(17)9-16)13(7-10)18-2;1-17-12-6-9(14-7-13(18-2)19-3)4-5-10(12)11(16)8-15;1-13-4-3-8-5-9(11(15)7-14)12(16-2)6-10(8)13;1-13-9-4-6(10)2-3-7(9)8(12)5-11;1-6-4(3-5)7-2/h5-7,9,14H,8H2,1-4H3;4-6,8,13-14H,7H2,1-3H3;3-7H,1-2H3;2-5H,10H2,1H3;3-4H,1-2H3. The Kier molecular flexibility index (Phi) is 30.3. The average molecular weight is 1050 g/mol. The van der Waals surface area contributed by atoms with Crippen molar-refractivity contribution in [2.75, 3.05) is 107 Å². The maximum Gasteiger partial charge on any atom is 0.229 e. The highest BCUT2D eigenvalue weighted by molar-refractivity contribution is 6.35. The molecule has 23 nitrogen and oxygen atoms in total. The fourth-order valence-electron chi connectivity index (χ4n) is 6.20. The molecule has 0 amide bonds. The number of aldehydes is 5. The number of ether oxygens (including phenoxy) is 10. The summed E-state index contributed by atoms with van der Waals surface area (Å²) in [5.41, 5.74) is 9.48. The van der Waals surface area contributed by atoms with Gasteiger partial charge in [0, 0.05) is 110 Å². The first kappa shape index (κ1) is 64.8. The van der Waals surface area contributed by atoms with Gasteiger partial charge in [-0.05, 0) is 48.5 Å². The Labute approximate surface area is 433 Å². The monoisotopic (exact) mass is 1050 g/mol. The molecule has 23 heteroatoms. The maximum atomic E-state index is 11.4. The molecule has 0 fully saturated rings. The van der Waals surface area contributed by atoms with Crippen LogP contribution in [0.3, 0.4) is 0 Å². The normalized spacial score (nSPS) is 10.1. The van der Waals surface area contributed by atoms with E-state index >= 15 is 0 Å². The smallest absolute Gasteiger partial charge is 0.229 e. The second kappa shape index (κ2) is 35.0. The number of ketones is 4. The van der Waals surface area contributed by atoms with Crippen LogP contribution in [0.25, 0.3) is 10.9 Å². The summed E-state index contributed by atoms with van der Waals surface area (Å²) in [6, 6.07) is 19.7. The van der Waals surface area contributed by atoms with E-state index in [2.05, 4.69) is 14.8 Å². The van der Waals surface area contributed by atoms with Crippen molar-refractivity contribution in [2.24, 2.45) is 7.05 Å². The van der Waals surface area contributed by atoms with Crippen LogP contribution >= 0.6 is 0 Å². The molecule has 0 unspecified atom stereocenters. The second-order valence-electron chi connectivity index (χ2n) is 14.8. The van der Waals surface area contributed by atoms with E-state index in [0.29, 0.717) is 59.9 Å². The third-order valence-corrected chi connectivity index (χ3v) is 10.3. The van der Waals surface area contributed by atoms with E-state index in [4.69, 9.17) is 43.6 Å². The Bertz CT molecular complexity index is 2660. The number of anilines is 3. The number of fused-ring (bicyclic) bond motifs is 1. The first-order valence-corrected chi connectivity index (χ1v) is 21.9. The van der Waals surface area contributed by atoms with Gasteiger partial charge in [0.15, 0.2) is 44.0 Å². The van der Waals surface area contributed by atoms with Crippen molar-refractivity contribution in [3.8, 4) is 23.0 Å². The van der Waals surface area contributed by atoms with Gasteiger partial charge in [0.1, 0.15) is 23.0 Å². The van der Waals surface area contributed by atoms with Crippen LogP contribution in [0.2, 0.25) is 0 Å². The molecule has 0 bridgehead atoms. The number of nitrogen functional groups attached to an aromatic ring is 1. The quantitative estimate of drug-likeness (QED) is 0.0271.